The first-order chi connectivity index (χ1) is 10.8. The highest BCUT2D eigenvalue weighted by Crippen LogP contribution is 2.16. The number of aryl methyl sites for hydroxylation is 2. The van der Waals surface area contributed by atoms with E-state index in [2.05, 4.69) is 15.5 Å². The zero-order valence-corrected chi connectivity index (χ0v) is 14.3. The third-order valence-electron chi connectivity index (χ3n) is 3.28. The summed E-state index contributed by atoms with van der Waals surface area (Å²) in [6.45, 7) is 6.77. The molecule has 23 heavy (non-hydrogen) atoms. The van der Waals surface area contributed by atoms with E-state index in [4.69, 9.17) is 5.21 Å². The predicted octanol–water partition coefficient (Wildman–Crippen LogP) is 2.32. The van der Waals surface area contributed by atoms with Gasteiger partial charge in [0, 0.05) is 17.4 Å². The minimum Gasteiger partial charge on any atom is -0.411 e. The van der Waals surface area contributed by atoms with Crippen LogP contribution < -0.4 is 5.32 Å². The molecular formula is C14H20N4O4S. The molecule has 1 rings (SSSR count). The summed E-state index contributed by atoms with van der Waals surface area (Å²) in [6, 6.07) is -0.876. The third-order valence-corrected chi connectivity index (χ3v) is 4.35. The number of hydrogen-bond donors (Lipinski definition) is 2. The van der Waals surface area contributed by atoms with Crippen molar-refractivity contribution in [1.82, 2.24) is 10.3 Å². The maximum absolute atomic E-state index is 12.1. The van der Waals surface area contributed by atoms with E-state index in [1.54, 1.807) is 13.8 Å². The van der Waals surface area contributed by atoms with Gasteiger partial charge >= 0.3 is 0 Å². The molecule has 2 N–H and O–H groups in total. The minimum absolute atomic E-state index is 0.0281. The molecular weight excluding hydrogens is 320 g/mol. The van der Waals surface area contributed by atoms with E-state index in [1.165, 1.54) is 24.3 Å². The molecule has 0 fully saturated rings. The Hall–Kier alpha value is -2.29. The summed E-state index contributed by atoms with van der Waals surface area (Å²) in [5, 5.41) is 26.4. The Morgan fingerprint density at radius 1 is 1.57 bits per heavy atom. The number of thiazole rings is 1. The second-order valence-electron chi connectivity index (χ2n) is 4.96. The number of nitrogens with zero attached hydrogens (tertiary/aromatic N) is 3. The maximum atomic E-state index is 12.1. The molecule has 0 aliphatic carbocycles. The number of aromatic nitrogens is 1. The van der Waals surface area contributed by atoms with E-state index in [9.17, 15) is 14.9 Å². The monoisotopic (exact) mass is 340 g/mol. The SMILES string of the molecule is CCC(=CC(CNC(=O)c1sc(C)nc1C)=NO)C(C)[N+](=O)[O-]. The van der Waals surface area contributed by atoms with Gasteiger partial charge in [0.25, 0.3) is 5.91 Å². The zero-order valence-electron chi connectivity index (χ0n) is 13.5. The maximum Gasteiger partial charge on any atom is 0.263 e. The average Bonchev–Trinajstić information content (AvgIpc) is 2.85. The molecule has 1 unspecified atom stereocenters. The van der Waals surface area contributed by atoms with Gasteiger partial charge in [0.05, 0.1) is 23.0 Å². The molecule has 0 saturated heterocycles. The highest BCUT2D eigenvalue weighted by atomic mass is 32.1. The Morgan fingerprint density at radius 2 is 2.22 bits per heavy atom. The summed E-state index contributed by atoms with van der Waals surface area (Å²) in [4.78, 5) is 27.2. The Balaban J connectivity index is 2.79. The van der Waals surface area contributed by atoms with E-state index in [-0.39, 0.29) is 18.2 Å². The van der Waals surface area contributed by atoms with Gasteiger partial charge in [-0.3, -0.25) is 14.9 Å². The zero-order chi connectivity index (χ0) is 17.6. The largest absolute Gasteiger partial charge is 0.411 e. The quantitative estimate of drug-likeness (QED) is 0.342. The molecule has 0 spiro atoms. The summed E-state index contributed by atoms with van der Waals surface area (Å²) < 4.78 is 0. The molecule has 8 nitrogen and oxygen atoms in total. The summed E-state index contributed by atoms with van der Waals surface area (Å²) in [5.74, 6) is -0.317. The van der Waals surface area contributed by atoms with Gasteiger partial charge in [-0.2, -0.15) is 0 Å². The molecule has 0 aliphatic heterocycles. The van der Waals surface area contributed by atoms with Crippen LogP contribution in [-0.4, -0.2) is 39.3 Å². The van der Waals surface area contributed by atoms with Crippen molar-refractivity contribution in [2.45, 2.75) is 40.2 Å². The summed E-state index contributed by atoms with van der Waals surface area (Å²) in [6.07, 6.45) is 1.89. The van der Waals surface area contributed by atoms with Crippen LogP contribution in [0.2, 0.25) is 0 Å². The Morgan fingerprint density at radius 3 is 2.65 bits per heavy atom. The molecule has 126 valence electrons. The second-order valence-corrected chi connectivity index (χ2v) is 6.16. The molecule has 1 aromatic rings. The molecule has 0 aliphatic rings. The first kappa shape index (κ1) is 18.8. The number of nitrogens with one attached hydrogen (secondary N) is 1. The molecule has 0 radical (unpaired) electrons. The van der Waals surface area contributed by atoms with Crippen LogP contribution in [-0.2, 0) is 0 Å². The van der Waals surface area contributed by atoms with Crippen molar-refractivity contribution < 1.29 is 14.9 Å². The lowest BCUT2D eigenvalue weighted by atomic mass is 10.0. The van der Waals surface area contributed by atoms with E-state index in [0.717, 1.165) is 5.01 Å². The predicted molar refractivity (Wildman–Crippen MR) is 88.0 cm³/mol. The summed E-state index contributed by atoms with van der Waals surface area (Å²) in [5.41, 5.74) is 1.31. The van der Waals surface area contributed by atoms with Crippen LogP contribution >= 0.6 is 11.3 Å². The Kier molecular flexibility index (Phi) is 6.83. The molecule has 0 aromatic carbocycles. The molecule has 1 heterocycles. The fourth-order valence-electron chi connectivity index (χ4n) is 1.98. The van der Waals surface area contributed by atoms with Gasteiger partial charge < -0.3 is 10.5 Å². The lowest BCUT2D eigenvalue weighted by Crippen LogP contribution is -2.29. The highest BCUT2D eigenvalue weighted by Gasteiger charge is 2.19. The first-order valence-electron chi connectivity index (χ1n) is 7.07. The van der Waals surface area contributed by atoms with Crippen molar-refractivity contribution in [1.29, 1.82) is 0 Å². The molecule has 1 amide bonds. The topological polar surface area (TPSA) is 118 Å². The van der Waals surface area contributed by atoms with E-state index < -0.39 is 11.0 Å². The van der Waals surface area contributed by atoms with Crippen LogP contribution in [0.3, 0.4) is 0 Å². The molecule has 9 heteroatoms. The van der Waals surface area contributed by atoms with Crippen LogP contribution in [0, 0.1) is 24.0 Å². The minimum atomic E-state index is -0.876. The van der Waals surface area contributed by atoms with Crippen molar-refractivity contribution in [3.05, 3.63) is 37.3 Å². The molecule has 1 aromatic heterocycles. The van der Waals surface area contributed by atoms with Crippen molar-refractivity contribution in [3.63, 3.8) is 0 Å². The molecule has 1 atom stereocenters. The Labute approximate surface area is 138 Å². The average molecular weight is 340 g/mol. The van der Waals surface area contributed by atoms with Gasteiger partial charge in [-0.25, -0.2) is 4.98 Å². The van der Waals surface area contributed by atoms with E-state index >= 15 is 0 Å². The van der Waals surface area contributed by atoms with Crippen LogP contribution in [0.5, 0.6) is 0 Å². The number of amides is 1. The van der Waals surface area contributed by atoms with Gasteiger partial charge in [0.1, 0.15) is 4.88 Å². The number of carbonyl (C=O) groups excluding carboxylic acids is 1. The first-order valence-corrected chi connectivity index (χ1v) is 7.88. The lowest BCUT2D eigenvalue weighted by Gasteiger charge is -2.08. The van der Waals surface area contributed by atoms with Gasteiger partial charge in [-0.1, -0.05) is 12.1 Å². The van der Waals surface area contributed by atoms with Crippen LogP contribution in [0.1, 0.15) is 40.6 Å². The fourth-order valence-corrected chi connectivity index (χ4v) is 2.81. The van der Waals surface area contributed by atoms with Crippen molar-refractivity contribution in [2.24, 2.45) is 5.16 Å². The van der Waals surface area contributed by atoms with Crippen LogP contribution in [0.25, 0.3) is 0 Å². The Bertz CT molecular complexity index is 651. The molecule has 0 saturated carbocycles. The third kappa shape index (κ3) is 5.13. The lowest BCUT2D eigenvalue weighted by molar-refractivity contribution is -0.507. The van der Waals surface area contributed by atoms with Crippen LogP contribution in [0.15, 0.2) is 16.8 Å². The number of oxime groups is 1. The normalized spacial score (nSPS) is 13.7. The standard InChI is InChI=1S/C14H20N4O4S/c1-5-11(9(3)18(21)22)6-12(17-20)7-15-14(19)13-8(2)16-10(4)23-13/h6,9,20H,5,7H2,1-4H3,(H,15,19). The van der Waals surface area contributed by atoms with E-state index in [0.29, 0.717) is 22.6 Å². The number of carbonyl (C=O) groups is 1. The van der Waals surface area contributed by atoms with E-state index in [1.807, 2.05) is 6.92 Å². The van der Waals surface area contributed by atoms with Gasteiger partial charge in [-0.05, 0) is 26.3 Å². The van der Waals surface area contributed by atoms with Gasteiger partial charge in [0.2, 0.25) is 6.04 Å². The van der Waals surface area contributed by atoms with Gasteiger partial charge in [0.15, 0.2) is 0 Å². The summed E-state index contributed by atoms with van der Waals surface area (Å²) >= 11 is 1.28. The number of nitro groups is 1. The number of hydrogen-bond acceptors (Lipinski definition) is 7. The fraction of sp³-hybridized carbons (Fsp3) is 0.500. The summed E-state index contributed by atoms with van der Waals surface area (Å²) in [7, 11) is 0. The van der Waals surface area contributed by atoms with Crippen molar-refractivity contribution >= 4 is 23.0 Å². The van der Waals surface area contributed by atoms with Gasteiger partial charge in [-0.15, -0.1) is 11.3 Å². The van der Waals surface area contributed by atoms with Crippen molar-refractivity contribution in [2.75, 3.05) is 6.54 Å². The molecule has 0 bridgehead atoms. The highest BCUT2D eigenvalue weighted by molar-refractivity contribution is 7.13. The number of rotatable bonds is 7. The second kappa shape index (κ2) is 8.37. The smallest absolute Gasteiger partial charge is 0.263 e. The van der Waals surface area contributed by atoms with Crippen molar-refractivity contribution in [3.8, 4) is 0 Å². The van der Waals surface area contributed by atoms with Crippen LogP contribution in [0.4, 0.5) is 0 Å².